The molecule has 0 unspecified atom stereocenters. The predicted molar refractivity (Wildman–Crippen MR) is 77.2 cm³/mol. The van der Waals surface area contributed by atoms with E-state index in [1.807, 2.05) is 11.4 Å². The molecule has 0 amide bonds. The third-order valence-corrected chi connectivity index (χ3v) is 6.11. The Morgan fingerprint density at radius 1 is 1.53 bits per heavy atom. The van der Waals surface area contributed by atoms with E-state index in [0.29, 0.717) is 5.92 Å². The molecule has 1 aliphatic carbocycles. The molecule has 0 radical (unpaired) electrons. The molecule has 1 saturated carbocycles. The molecule has 2 fully saturated rings. The maximum Gasteiger partial charge on any atom is 0.234 e. The summed E-state index contributed by atoms with van der Waals surface area (Å²) in [7, 11) is 0. The number of hydrogen-bond acceptors (Lipinski definition) is 5. The molecule has 2 aliphatic rings. The number of nitrogens with zero attached hydrogens (tertiary/aromatic N) is 2. The van der Waals surface area contributed by atoms with Crippen LogP contribution in [0.4, 0.5) is 0 Å². The summed E-state index contributed by atoms with van der Waals surface area (Å²) < 4.78 is 6.68. The normalized spacial score (nSPS) is 29.8. The fraction of sp³-hybridized carbons (Fsp3) is 0.538. The summed E-state index contributed by atoms with van der Waals surface area (Å²) in [5.74, 6) is 2.22. The summed E-state index contributed by atoms with van der Waals surface area (Å²) in [6.07, 6.45) is 3.71. The summed E-state index contributed by atoms with van der Waals surface area (Å²) in [5.41, 5.74) is 0.0970. The summed E-state index contributed by atoms with van der Waals surface area (Å²) in [6, 6.07) is 2.04. The first-order valence-electron chi connectivity index (χ1n) is 6.57. The summed E-state index contributed by atoms with van der Waals surface area (Å²) in [5, 5.41) is 9.70. The van der Waals surface area contributed by atoms with E-state index < -0.39 is 0 Å². The van der Waals surface area contributed by atoms with Crippen molar-refractivity contribution in [3.05, 3.63) is 21.8 Å². The van der Waals surface area contributed by atoms with Crippen molar-refractivity contribution in [2.45, 2.75) is 24.7 Å². The second-order valence-electron chi connectivity index (χ2n) is 5.43. The number of nitrogens with one attached hydrogen (secondary N) is 1. The van der Waals surface area contributed by atoms with Gasteiger partial charge in [-0.15, -0.1) is 11.3 Å². The molecule has 1 aliphatic heterocycles. The third kappa shape index (κ3) is 1.80. The minimum Gasteiger partial charge on any atom is -0.338 e. The smallest absolute Gasteiger partial charge is 0.234 e. The Hall–Kier alpha value is -0.720. The van der Waals surface area contributed by atoms with Crippen molar-refractivity contribution in [3.8, 4) is 10.7 Å². The molecular weight excluding hydrogens is 326 g/mol. The Labute approximate surface area is 123 Å². The van der Waals surface area contributed by atoms with E-state index in [2.05, 4.69) is 31.4 Å². The highest BCUT2D eigenvalue weighted by molar-refractivity contribution is 9.10. The van der Waals surface area contributed by atoms with Gasteiger partial charge in [-0.25, -0.2) is 0 Å². The Morgan fingerprint density at radius 3 is 3.32 bits per heavy atom. The molecule has 2 aromatic heterocycles. The zero-order valence-corrected chi connectivity index (χ0v) is 12.8. The Bertz CT molecular complexity index is 599. The minimum atomic E-state index is 0.0970. The molecule has 1 N–H and O–H groups in total. The number of fused-ring (bicyclic) bond motifs is 1. The number of aromatic nitrogens is 2. The van der Waals surface area contributed by atoms with E-state index in [0.717, 1.165) is 34.2 Å². The summed E-state index contributed by atoms with van der Waals surface area (Å²) >= 11 is 5.09. The van der Waals surface area contributed by atoms with Crippen molar-refractivity contribution >= 4 is 27.3 Å². The number of rotatable bonds is 2. The van der Waals surface area contributed by atoms with E-state index in [1.54, 1.807) is 11.3 Å². The summed E-state index contributed by atoms with van der Waals surface area (Å²) in [4.78, 5) is 5.74. The summed E-state index contributed by atoms with van der Waals surface area (Å²) in [6.45, 7) is 2.07. The van der Waals surface area contributed by atoms with Crippen molar-refractivity contribution in [2.75, 3.05) is 13.1 Å². The average Bonchev–Trinajstić information content (AvgIpc) is 3.10. The molecule has 100 valence electrons. The van der Waals surface area contributed by atoms with Crippen LogP contribution < -0.4 is 5.32 Å². The molecule has 0 aromatic carbocycles. The molecule has 0 bridgehead atoms. The number of halogens is 1. The molecule has 19 heavy (non-hydrogen) atoms. The average molecular weight is 340 g/mol. The fourth-order valence-corrected chi connectivity index (χ4v) is 4.81. The molecule has 0 spiro atoms. The molecule has 3 heterocycles. The Morgan fingerprint density at radius 2 is 2.47 bits per heavy atom. The van der Waals surface area contributed by atoms with Gasteiger partial charge in [0.1, 0.15) is 0 Å². The minimum absolute atomic E-state index is 0.0970. The van der Waals surface area contributed by atoms with Crippen LogP contribution in [0.15, 0.2) is 20.4 Å². The fourth-order valence-electron chi connectivity index (χ4n) is 3.46. The Kier molecular flexibility index (Phi) is 2.79. The van der Waals surface area contributed by atoms with Crippen molar-refractivity contribution < 1.29 is 4.52 Å². The second-order valence-corrected chi connectivity index (χ2v) is 7.26. The van der Waals surface area contributed by atoms with Crippen LogP contribution in [0.1, 0.15) is 25.2 Å². The van der Waals surface area contributed by atoms with Crippen LogP contribution in [0.5, 0.6) is 0 Å². The Balaban J connectivity index is 1.71. The van der Waals surface area contributed by atoms with E-state index >= 15 is 0 Å². The second kappa shape index (κ2) is 4.40. The van der Waals surface area contributed by atoms with Crippen molar-refractivity contribution in [2.24, 2.45) is 5.92 Å². The lowest BCUT2D eigenvalue weighted by atomic mass is 9.80. The van der Waals surface area contributed by atoms with Gasteiger partial charge < -0.3 is 9.84 Å². The molecule has 4 nitrogen and oxygen atoms in total. The third-order valence-electron chi connectivity index (χ3n) is 4.43. The van der Waals surface area contributed by atoms with Crippen molar-refractivity contribution in [1.82, 2.24) is 15.5 Å². The highest BCUT2D eigenvalue weighted by Gasteiger charge is 2.51. The molecule has 1 saturated heterocycles. The number of thiophene rings is 1. The van der Waals surface area contributed by atoms with Crippen LogP contribution in [0.3, 0.4) is 0 Å². The first kappa shape index (κ1) is 12.1. The van der Waals surface area contributed by atoms with Gasteiger partial charge in [-0.3, -0.25) is 0 Å². The van der Waals surface area contributed by atoms with Crippen molar-refractivity contribution in [3.63, 3.8) is 0 Å². The quantitative estimate of drug-likeness (QED) is 0.912. The lowest BCUT2D eigenvalue weighted by Gasteiger charge is -2.22. The van der Waals surface area contributed by atoms with Gasteiger partial charge in [-0.2, -0.15) is 4.98 Å². The van der Waals surface area contributed by atoms with Gasteiger partial charge in [-0.05, 0) is 47.3 Å². The first-order chi connectivity index (χ1) is 9.28. The van der Waals surface area contributed by atoms with E-state index in [9.17, 15) is 0 Å². The van der Waals surface area contributed by atoms with Gasteiger partial charge in [0.2, 0.25) is 11.7 Å². The molecule has 2 aromatic rings. The van der Waals surface area contributed by atoms with Gasteiger partial charge >= 0.3 is 0 Å². The molecule has 2 atom stereocenters. The maximum atomic E-state index is 5.61. The zero-order chi connectivity index (χ0) is 12.9. The van der Waals surface area contributed by atoms with Gasteiger partial charge in [-0.1, -0.05) is 11.6 Å². The van der Waals surface area contributed by atoms with Gasteiger partial charge in [0, 0.05) is 16.4 Å². The monoisotopic (exact) mass is 339 g/mol. The molecule has 6 heteroatoms. The lowest BCUT2D eigenvalue weighted by molar-refractivity contribution is 0.265. The van der Waals surface area contributed by atoms with Gasteiger partial charge in [0.15, 0.2) is 0 Å². The SMILES string of the molecule is Brc1csc(-c2noc([C@@]34CCC[C@@H]3CNC4)n2)c1. The van der Waals surface area contributed by atoms with Gasteiger partial charge in [0.25, 0.3) is 0 Å². The highest BCUT2D eigenvalue weighted by Crippen LogP contribution is 2.47. The van der Waals surface area contributed by atoms with Gasteiger partial charge in [0.05, 0.1) is 10.3 Å². The number of hydrogen-bond donors (Lipinski definition) is 1. The van der Waals surface area contributed by atoms with Crippen LogP contribution in [0.25, 0.3) is 10.7 Å². The van der Waals surface area contributed by atoms with Crippen LogP contribution in [-0.4, -0.2) is 23.2 Å². The first-order valence-corrected chi connectivity index (χ1v) is 8.24. The zero-order valence-electron chi connectivity index (χ0n) is 10.4. The molecular formula is C13H14BrN3OS. The highest BCUT2D eigenvalue weighted by atomic mass is 79.9. The van der Waals surface area contributed by atoms with Crippen LogP contribution in [0, 0.1) is 5.92 Å². The van der Waals surface area contributed by atoms with E-state index in [4.69, 9.17) is 4.52 Å². The van der Waals surface area contributed by atoms with Crippen LogP contribution in [0.2, 0.25) is 0 Å². The lowest BCUT2D eigenvalue weighted by Crippen LogP contribution is -2.31. The topological polar surface area (TPSA) is 51.0 Å². The maximum absolute atomic E-state index is 5.61. The van der Waals surface area contributed by atoms with E-state index in [1.165, 1.54) is 19.3 Å². The predicted octanol–water partition coefficient (Wildman–Crippen LogP) is 3.20. The van der Waals surface area contributed by atoms with Crippen LogP contribution in [-0.2, 0) is 5.41 Å². The largest absolute Gasteiger partial charge is 0.338 e. The van der Waals surface area contributed by atoms with E-state index in [-0.39, 0.29) is 5.41 Å². The van der Waals surface area contributed by atoms with Crippen LogP contribution >= 0.6 is 27.3 Å². The van der Waals surface area contributed by atoms with Crippen molar-refractivity contribution in [1.29, 1.82) is 0 Å². The molecule has 4 rings (SSSR count). The standard InChI is InChI=1S/C13H14BrN3OS/c14-9-4-10(19-6-9)11-16-12(18-17-11)13-3-1-2-8(13)5-15-7-13/h4,6,8,15H,1-3,5,7H2/t8-,13-/m1/s1.